The fourth-order valence-electron chi connectivity index (χ4n) is 1.07. The number of benzene rings is 1. The number of rotatable bonds is 1. The number of carbonyl (C=O) groups is 2. The molecule has 0 aliphatic heterocycles. The summed E-state index contributed by atoms with van der Waals surface area (Å²) in [5.41, 5.74) is 0.539. The van der Waals surface area contributed by atoms with E-state index in [0.29, 0.717) is 10.7 Å². The lowest BCUT2D eigenvalue weighted by molar-refractivity contribution is 0.248. The molecule has 0 saturated carbocycles. The Balaban J connectivity index is 2.61. The maximum Gasteiger partial charge on any atom is 0.345 e. The van der Waals surface area contributed by atoms with Crippen LogP contribution in [0, 0.1) is 0 Å². The first-order chi connectivity index (χ1) is 9.05. The molecule has 0 aliphatic carbocycles. The first kappa shape index (κ1) is 14.8. The van der Waals surface area contributed by atoms with Crippen molar-refractivity contribution in [1.82, 2.24) is 10.6 Å². The molecule has 0 bridgehead atoms. The second kappa shape index (κ2) is 7.22. The zero-order chi connectivity index (χ0) is 14.3. The van der Waals surface area contributed by atoms with E-state index >= 15 is 0 Å². The number of aliphatic imine (C=N–C) groups is 1. The average molecular weight is 285 g/mol. The molecular formula is C11H13ClN4O3. The van der Waals surface area contributed by atoms with Gasteiger partial charge in [-0.05, 0) is 24.3 Å². The summed E-state index contributed by atoms with van der Waals surface area (Å²) in [4.78, 5) is 26.0. The highest BCUT2D eigenvalue weighted by Gasteiger charge is 2.08. The Morgan fingerprint density at radius 2 is 1.89 bits per heavy atom. The molecule has 1 aromatic rings. The van der Waals surface area contributed by atoms with Gasteiger partial charge in [0.2, 0.25) is 0 Å². The van der Waals surface area contributed by atoms with Gasteiger partial charge in [-0.2, -0.15) is 0 Å². The predicted molar refractivity (Wildman–Crippen MR) is 72.5 cm³/mol. The Morgan fingerprint density at radius 1 is 1.26 bits per heavy atom. The van der Waals surface area contributed by atoms with Crippen LogP contribution >= 0.6 is 11.6 Å². The van der Waals surface area contributed by atoms with Crippen LogP contribution < -0.4 is 16.0 Å². The van der Waals surface area contributed by atoms with E-state index in [1.165, 1.54) is 14.2 Å². The molecule has 4 amide bonds. The predicted octanol–water partition coefficient (Wildman–Crippen LogP) is 1.80. The number of hydrogen-bond donors (Lipinski definition) is 3. The van der Waals surface area contributed by atoms with Crippen LogP contribution in [0.1, 0.15) is 0 Å². The van der Waals surface area contributed by atoms with Crippen molar-refractivity contribution < 1.29 is 14.3 Å². The highest BCUT2D eigenvalue weighted by atomic mass is 35.5. The smallest absolute Gasteiger partial charge is 0.345 e. The molecular weight excluding hydrogens is 272 g/mol. The molecule has 19 heavy (non-hydrogen) atoms. The molecule has 0 saturated heterocycles. The minimum atomic E-state index is -0.636. The van der Waals surface area contributed by atoms with E-state index < -0.39 is 12.1 Å². The SMILES string of the molecule is CNC(=O)N=C(NC(=O)Nc1ccc(Cl)cc1)OC. The molecule has 0 spiro atoms. The second-order valence-corrected chi connectivity index (χ2v) is 3.70. The van der Waals surface area contributed by atoms with E-state index in [0.717, 1.165) is 0 Å². The van der Waals surface area contributed by atoms with Crippen LogP contribution in [0.25, 0.3) is 0 Å². The van der Waals surface area contributed by atoms with Gasteiger partial charge in [-0.15, -0.1) is 4.99 Å². The lowest BCUT2D eigenvalue weighted by atomic mass is 10.3. The number of methoxy groups -OCH3 is 1. The van der Waals surface area contributed by atoms with Crippen LogP contribution in [-0.2, 0) is 4.74 Å². The maximum absolute atomic E-state index is 11.6. The number of ether oxygens (including phenoxy) is 1. The molecule has 1 aromatic carbocycles. The van der Waals surface area contributed by atoms with Crippen LogP contribution in [0.2, 0.25) is 5.02 Å². The number of halogens is 1. The number of urea groups is 2. The van der Waals surface area contributed by atoms with Gasteiger partial charge in [0, 0.05) is 17.8 Å². The minimum Gasteiger partial charge on any atom is -0.468 e. The Labute approximate surface area is 115 Å². The molecule has 0 aliphatic rings. The number of anilines is 1. The summed E-state index contributed by atoms with van der Waals surface area (Å²) in [6.45, 7) is 0. The number of nitrogens with one attached hydrogen (secondary N) is 3. The quantitative estimate of drug-likeness (QED) is 0.542. The summed E-state index contributed by atoms with van der Waals surface area (Å²) in [5, 5.41) is 7.63. The van der Waals surface area contributed by atoms with E-state index in [-0.39, 0.29) is 6.02 Å². The van der Waals surface area contributed by atoms with Gasteiger partial charge in [0.1, 0.15) is 0 Å². The van der Waals surface area contributed by atoms with E-state index in [1.54, 1.807) is 24.3 Å². The monoisotopic (exact) mass is 284 g/mol. The molecule has 0 atom stereocenters. The highest BCUT2D eigenvalue weighted by Crippen LogP contribution is 2.12. The van der Waals surface area contributed by atoms with E-state index in [9.17, 15) is 9.59 Å². The van der Waals surface area contributed by atoms with Gasteiger partial charge >= 0.3 is 18.1 Å². The van der Waals surface area contributed by atoms with Crippen molar-refractivity contribution in [2.45, 2.75) is 0 Å². The van der Waals surface area contributed by atoms with E-state index in [1.807, 2.05) is 0 Å². The number of hydrogen-bond acceptors (Lipinski definition) is 3. The van der Waals surface area contributed by atoms with E-state index in [2.05, 4.69) is 20.9 Å². The van der Waals surface area contributed by atoms with Crippen molar-refractivity contribution in [1.29, 1.82) is 0 Å². The maximum atomic E-state index is 11.6. The van der Waals surface area contributed by atoms with E-state index in [4.69, 9.17) is 16.3 Å². The van der Waals surface area contributed by atoms with Gasteiger partial charge in [-0.25, -0.2) is 9.59 Å². The van der Waals surface area contributed by atoms with Crippen molar-refractivity contribution in [3.63, 3.8) is 0 Å². The standard InChI is InChI=1S/C11H13ClN4O3/c1-13-9(17)15-11(19-2)16-10(18)14-8-5-3-7(12)4-6-8/h3-6H,1-2H3,(H3,13,14,15,16,17,18). The third kappa shape index (κ3) is 5.26. The molecule has 0 fully saturated rings. The first-order valence-electron chi connectivity index (χ1n) is 5.23. The lowest BCUT2D eigenvalue weighted by Gasteiger charge is -2.08. The van der Waals surface area contributed by atoms with Crippen molar-refractivity contribution in [3.8, 4) is 0 Å². The molecule has 7 nitrogen and oxygen atoms in total. The lowest BCUT2D eigenvalue weighted by Crippen LogP contribution is -2.36. The van der Waals surface area contributed by atoms with Crippen molar-refractivity contribution >= 4 is 35.4 Å². The summed E-state index contributed by atoms with van der Waals surface area (Å²) in [6.07, 6.45) is 0. The van der Waals surface area contributed by atoms with Gasteiger partial charge in [-0.3, -0.25) is 5.32 Å². The summed E-state index contributed by atoms with van der Waals surface area (Å²) in [5.74, 6) is 0. The van der Waals surface area contributed by atoms with Gasteiger partial charge in [-0.1, -0.05) is 11.6 Å². The highest BCUT2D eigenvalue weighted by molar-refractivity contribution is 6.30. The molecule has 3 N–H and O–H groups in total. The van der Waals surface area contributed by atoms with Crippen molar-refractivity contribution in [2.75, 3.05) is 19.5 Å². The molecule has 0 aromatic heterocycles. The minimum absolute atomic E-state index is 0.217. The van der Waals surface area contributed by atoms with Crippen LogP contribution in [-0.4, -0.2) is 32.2 Å². The molecule has 8 heteroatoms. The topological polar surface area (TPSA) is 91.8 Å². The van der Waals surface area contributed by atoms with Crippen molar-refractivity contribution in [2.24, 2.45) is 4.99 Å². The molecule has 0 unspecified atom stereocenters. The van der Waals surface area contributed by atoms with Crippen LogP contribution in [0.4, 0.5) is 15.3 Å². The zero-order valence-corrected chi connectivity index (χ0v) is 11.1. The first-order valence-corrected chi connectivity index (χ1v) is 5.61. The number of amides is 4. The summed E-state index contributed by atoms with van der Waals surface area (Å²) < 4.78 is 4.75. The Kier molecular flexibility index (Phi) is 5.62. The molecule has 0 heterocycles. The summed E-state index contributed by atoms with van der Waals surface area (Å²) in [7, 11) is 2.69. The van der Waals surface area contributed by atoms with Gasteiger partial charge in [0.15, 0.2) is 0 Å². The molecule has 1 rings (SSSR count). The number of nitrogens with zero attached hydrogens (tertiary/aromatic N) is 1. The van der Waals surface area contributed by atoms with Gasteiger partial charge < -0.3 is 15.4 Å². The van der Waals surface area contributed by atoms with Crippen molar-refractivity contribution in [3.05, 3.63) is 29.3 Å². The summed E-state index contributed by atoms with van der Waals surface area (Å²) in [6, 6.07) is 5.08. The van der Waals surface area contributed by atoms with Crippen LogP contribution in [0.15, 0.2) is 29.3 Å². The Hall–Kier alpha value is -2.28. The molecule has 0 radical (unpaired) electrons. The summed E-state index contributed by atoms with van der Waals surface area (Å²) >= 11 is 5.72. The number of carbonyl (C=O) groups excluding carboxylic acids is 2. The normalized spacial score (nSPS) is 10.6. The fraction of sp³-hybridized carbons (Fsp3) is 0.182. The third-order valence-corrected chi connectivity index (χ3v) is 2.18. The second-order valence-electron chi connectivity index (χ2n) is 3.26. The van der Waals surface area contributed by atoms with Crippen LogP contribution in [0.3, 0.4) is 0 Å². The Morgan fingerprint density at radius 3 is 2.42 bits per heavy atom. The number of amidine groups is 1. The molecule has 102 valence electrons. The van der Waals surface area contributed by atoms with Gasteiger partial charge in [0.25, 0.3) is 0 Å². The van der Waals surface area contributed by atoms with Gasteiger partial charge in [0.05, 0.1) is 7.11 Å². The van der Waals surface area contributed by atoms with Crippen LogP contribution in [0.5, 0.6) is 0 Å². The fourth-order valence-corrected chi connectivity index (χ4v) is 1.19. The Bertz CT molecular complexity index is 487. The zero-order valence-electron chi connectivity index (χ0n) is 10.4. The average Bonchev–Trinajstić information content (AvgIpc) is 2.40. The largest absolute Gasteiger partial charge is 0.468 e. The third-order valence-electron chi connectivity index (χ3n) is 1.93.